The lowest BCUT2D eigenvalue weighted by molar-refractivity contribution is 0.0739. The zero-order valence-electron chi connectivity index (χ0n) is 8.74. The third-order valence-electron chi connectivity index (χ3n) is 2.73. The number of ether oxygens (including phenoxy) is 1. The molecule has 0 radical (unpaired) electrons. The molecule has 1 aliphatic rings. The Morgan fingerprint density at radius 1 is 1.43 bits per heavy atom. The van der Waals surface area contributed by atoms with Crippen molar-refractivity contribution in [2.75, 3.05) is 20.3 Å². The number of amides is 1. The van der Waals surface area contributed by atoms with Gasteiger partial charge in [0.1, 0.15) is 6.61 Å². The Morgan fingerprint density at radius 3 is 2.64 bits per heavy atom. The van der Waals surface area contributed by atoms with Crippen molar-refractivity contribution < 1.29 is 14.6 Å². The quantitative estimate of drug-likeness (QED) is 0.750. The molecule has 1 N–H and O–H groups in total. The summed E-state index contributed by atoms with van der Waals surface area (Å²) >= 11 is 0. The minimum atomic E-state index is -0.314. The van der Waals surface area contributed by atoms with Crippen molar-refractivity contribution in [1.82, 2.24) is 4.90 Å². The van der Waals surface area contributed by atoms with Gasteiger partial charge in [0.2, 0.25) is 0 Å². The normalized spacial score (nSPS) is 17.9. The summed E-state index contributed by atoms with van der Waals surface area (Å²) in [5, 5.41) is 8.51. The minimum Gasteiger partial charge on any atom is -0.447 e. The molecule has 0 aromatic carbocycles. The van der Waals surface area contributed by atoms with E-state index in [0.717, 1.165) is 12.8 Å². The molecule has 0 saturated heterocycles. The van der Waals surface area contributed by atoms with Crippen LogP contribution in [-0.2, 0) is 4.74 Å². The van der Waals surface area contributed by atoms with Crippen LogP contribution in [0.4, 0.5) is 4.79 Å². The first-order valence-corrected chi connectivity index (χ1v) is 5.26. The van der Waals surface area contributed by atoms with E-state index in [9.17, 15) is 4.79 Å². The van der Waals surface area contributed by atoms with Gasteiger partial charge in [-0.1, -0.05) is 19.3 Å². The van der Waals surface area contributed by atoms with Crippen molar-refractivity contribution in [3.05, 3.63) is 0 Å². The molecular weight excluding hydrogens is 182 g/mol. The summed E-state index contributed by atoms with van der Waals surface area (Å²) in [5.41, 5.74) is 0. The van der Waals surface area contributed by atoms with Gasteiger partial charge in [0, 0.05) is 13.1 Å². The summed E-state index contributed by atoms with van der Waals surface area (Å²) in [6, 6.07) is 0.329. The zero-order chi connectivity index (χ0) is 10.4. The van der Waals surface area contributed by atoms with Crippen LogP contribution in [0.1, 0.15) is 32.1 Å². The first-order chi connectivity index (χ1) is 6.75. The second-order valence-corrected chi connectivity index (χ2v) is 3.74. The zero-order valence-corrected chi connectivity index (χ0v) is 8.74. The van der Waals surface area contributed by atoms with Crippen LogP contribution in [0.3, 0.4) is 0 Å². The summed E-state index contributed by atoms with van der Waals surface area (Å²) in [6.07, 6.45) is 5.50. The molecule has 0 unspecified atom stereocenters. The topological polar surface area (TPSA) is 49.8 Å². The lowest BCUT2D eigenvalue weighted by Crippen LogP contribution is -2.38. The maximum atomic E-state index is 11.4. The second kappa shape index (κ2) is 5.86. The van der Waals surface area contributed by atoms with Crippen LogP contribution in [-0.4, -0.2) is 42.4 Å². The molecule has 1 rings (SSSR count). The van der Waals surface area contributed by atoms with Crippen molar-refractivity contribution in [3.8, 4) is 0 Å². The number of aliphatic hydroxyl groups is 1. The Hall–Kier alpha value is -0.770. The molecule has 4 heteroatoms. The number of hydrogen-bond acceptors (Lipinski definition) is 3. The summed E-state index contributed by atoms with van der Waals surface area (Å²) < 4.78 is 4.84. The monoisotopic (exact) mass is 201 g/mol. The molecule has 1 aliphatic carbocycles. The van der Waals surface area contributed by atoms with Crippen molar-refractivity contribution in [1.29, 1.82) is 0 Å². The van der Waals surface area contributed by atoms with Crippen LogP contribution < -0.4 is 0 Å². The average molecular weight is 201 g/mol. The molecule has 4 nitrogen and oxygen atoms in total. The maximum absolute atomic E-state index is 11.4. The molecule has 14 heavy (non-hydrogen) atoms. The molecule has 0 atom stereocenters. The Balaban J connectivity index is 2.30. The van der Waals surface area contributed by atoms with E-state index in [2.05, 4.69) is 0 Å². The van der Waals surface area contributed by atoms with E-state index in [4.69, 9.17) is 9.84 Å². The fraction of sp³-hybridized carbons (Fsp3) is 0.900. The van der Waals surface area contributed by atoms with Crippen LogP contribution in [0.5, 0.6) is 0 Å². The Labute approximate surface area is 84.8 Å². The van der Waals surface area contributed by atoms with Crippen LogP contribution in [0, 0.1) is 0 Å². The third kappa shape index (κ3) is 3.18. The summed E-state index contributed by atoms with van der Waals surface area (Å²) in [6.45, 7) is -0.0138. The molecule has 1 amide bonds. The van der Waals surface area contributed by atoms with E-state index in [-0.39, 0.29) is 19.3 Å². The van der Waals surface area contributed by atoms with E-state index in [0.29, 0.717) is 6.04 Å². The summed E-state index contributed by atoms with van der Waals surface area (Å²) in [7, 11) is 1.77. The van der Waals surface area contributed by atoms with Crippen molar-refractivity contribution in [2.45, 2.75) is 38.1 Å². The number of aliphatic hydroxyl groups excluding tert-OH is 1. The highest BCUT2D eigenvalue weighted by Crippen LogP contribution is 2.21. The van der Waals surface area contributed by atoms with Gasteiger partial charge in [-0.05, 0) is 12.8 Å². The van der Waals surface area contributed by atoms with Crippen LogP contribution in [0.15, 0.2) is 0 Å². The average Bonchev–Trinajstić information content (AvgIpc) is 2.26. The van der Waals surface area contributed by atoms with E-state index in [1.165, 1.54) is 19.3 Å². The summed E-state index contributed by atoms with van der Waals surface area (Å²) in [5.74, 6) is 0. The Morgan fingerprint density at radius 2 is 2.07 bits per heavy atom. The van der Waals surface area contributed by atoms with Crippen molar-refractivity contribution in [3.63, 3.8) is 0 Å². The molecule has 0 aromatic rings. The second-order valence-electron chi connectivity index (χ2n) is 3.74. The molecule has 0 aromatic heterocycles. The lowest BCUT2D eigenvalue weighted by Gasteiger charge is -2.30. The highest BCUT2D eigenvalue weighted by molar-refractivity contribution is 5.67. The molecule has 0 spiro atoms. The van der Waals surface area contributed by atoms with Crippen LogP contribution in [0.25, 0.3) is 0 Å². The van der Waals surface area contributed by atoms with Gasteiger partial charge in [0.15, 0.2) is 0 Å². The smallest absolute Gasteiger partial charge is 0.409 e. The number of hydrogen-bond donors (Lipinski definition) is 1. The molecule has 0 aliphatic heterocycles. The third-order valence-corrected chi connectivity index (χ3v) is 2.73. The highest BCUT2D eigenvalue weighted by atomic mass is 16.6. The standard InChI is InChI=1S/C10H19NO3/c1-11(10(13)14-8-7-12)9-5-3-2-4-6-9/h9,12H,2-8H2,1H3. The van der Waals surface area contributed by atoms with Gasteiger partial charge in [-0.25, -0.2) is 4.79 Å². The molecule has 0 heterocycles. The fourth-order valence-electron chi connectivity index (χ4n) is 1.85. The van der Waals surface area contributed by atoms with Gasteiger partial charge in [-0.3, -0.25) is 0 Å². The van der Waals surface area contributed by atoms with Crippen LogP contribution >= 0.6 is 0 Å². The number of carbonyl (C=O) groups excluding carboxylic acids is 1. The van der Waals surface area contributed by atoms with Gasteiger partial charge < -0.3 is 14.7 Å². The van der Waals surface area contributed by atoms with E-state index >= 15 is 0 Å². The predicted molar refractivity (Wildman–Crippen MR) is 53.1 cm³/mol. The molecule has 1 saturated carbocycles. The Bertz CT molecular complexity index is 178. The highest BCUT2D eigenvalue weighted by Gasteiger charge is 2.22. The lowest BCUT2D eigenvalue weighted by atomic mass is 9.95. The number of nitrogens with zero attached hydrogens (tertiary/aromatic N) is 1. The van der Waals surface area contributed by atoms with Crippen LogP contribution in [0.2, 0.25) is 0 Å². The molecule has 82 valence electrons. The van der Waals surface area contributed by atoms with Crippen molar-refractivity contribution in [2.24, 2.45) is 0 Å². The van der Waals surface area contributed by atoms with E-state index < -0.39 is 0 Å². The van der Waals surface area contributed by atoms with E-state index in [1.807, 2.05) is 0 Å². The van der Waals surface area contributed by atoms with Gasteiger partial charge >= 0.3 is 6.09 Å². The van der Waals surface area contributed by atoms with Gasteiger partial charge in [0.25, 0.3) is 0 Å². The predicted octanol–water partition coefficient (Wildman–Crippen LogP) is 1.38. The number of carbonyl (C=O) groups is 1. The minimum absolute atomic E-state index is 0.0931. The molecular formula is C10H19NO3. The van der Waals surface area contributed by atoms with Gasteiger partial charge in [0.05, 0.1) is 6.61 Å². The van der Waals surface area contributed by atoms with Gasteiger partial charge in [-0.15, -0.1) is 0 Å². The van der Waals surface area contributed by atoms with Gasteiger partial charge in [-0.2, -0.15) is 0 Å². The van der Waals surface area contributed by atoms with E-state index in [1.54, 1.807) is 11.9 Å². The summed E-state index contributed by atoms with van der Waals surface area (Å²) in [4.78, 5) is 13.1. The fourth-order valence-corrected chi connectivity index (χ4v) is 1.85. The first-order valence-electron chi connectivity index (χ1n) is 5.26. The SMILES string of the molecule is CN(C(=O)OCCO)C1CCCCC1. The Kier molecular flexibility index (Phi) is 4.73. The van der Waals surface area contributed by atoms with Crippen molar-refractivity contribution >= 4 is 6.09 Å². The maximum Gasteiger partial charge on any atom is 0.409 e. The molecule has 1 fully saturated rings. The molecule has 0 bridgehead atoms. The first kappa shape index (κ1) is 11.3. The number of rotatable bonds is 3. The largest absolute Gasteiger partial charge is 0.447 e.